The summed E-state index contributed by atoms with van der Waals surface area (Å²) in [5.74, 6) is -1.14. The molecule has 204 valence electrons. The molecule has 2 N–H and O–H groups in total. The number of rotatable bonds is 12. The SMILES string of the molecule is CCC(CC)(c1ccc(CC(C)C(O)(CC)CC)c(C)c1)c1ccc(C(=O)N(C)C(C)C(=O)O)c(C)c1. The molecule has 2 atom stereocenters. The number of carboxylic acid groups (broad SMARTS) is 1. The molecule has 0 aliphatic carbocycles. The molecule has 0 spiro atoms. The fraction of sp³-hybridized carbons (Fsp3) is 0.562. The lowest BCUT2D eigenvalue weighted by Crippen LogP contribution is -2.40. The van der Waals surface area contributed by atoms with Crippen LogP contribution in [0.15, 0.2) is 36.4 Å². The monoisotopic (exact) mass is 509 g/mol. The van der Waals surface area contributed by atoms with Crippen LogP contribution in [-0.4, -0.2) is 45.7 Å². The lowest BCUT2D eigenvalue weighted by atomic mass is 9.69. The summed E-state index contributed by atoms with van der Waals surface area (Å²) in [4.78, 5) is 25.7. The average molecular weight is 510 g/mol. The highest BCUT2D eigenvalue weighted by Gasteiger charge is 2.33. The Morgan fingerprint density at radius 2 is 1.38 bits per heavy atom. The second-order valence-corrected chi connectivity index (χ2v) is 10.8. The normalized spacial score (nSPS) is 13.8. The zero-order valence-electron chi connectivity index (χ0n) is 24.3. The van der Waals surface area contributed by atoms with Gasteiger partial charge in [0.15, 0.2) is 0 Å². The molecule has 37 heavy (non-hydrogen) atoms. The summed E-state index contributed by atoms with van der Waals surface area (Å²) in [6.45, 7) is 16.2. The molecule has 0 saturated heterocycles. The number of aliphatic carboxylic acids is 1. The highest BCUT2D eigenvalue weighted by atomic mass is 16.4. The van der Waals surface area contributed by atoms with Crippen LogP contribution in [0.5, 0.6) is 0 Å². The number of carbonyl (C=O) groups excluding carboxylic acids is 1. The van der Waals surface area contributed by atoms with Gasteiger partial charge in [0.25, 0.3) is 5.91 Å². The van der Waals surface area contributed by atoms with Crippen LogP contribution in [0.1, 0.15) is 105 Å². The van der Waals surface area contributed by atoms with E-state index in [9.17, 15) is 19.8 Å². The van der Waals surface area contributed by atoms with E-state index in [0.29, 0.717) is 5.56 Å². The molecule has 1 amide bonds. The fourth-order valence-corrected chi connectivity index (χ4v) is 5.66. The second-order valence-electron chi connectivity index (χ2n) is 10.8. The Balaban J connectivity index is 2.45. The molecular weight excluding hydrogens is 462 g/mol. The Kier molecular flexibility index (Phi) is 10.1. The van der Waals surface area contributed by atoms with Gasteiger partial charge >= 0.3 is 5.97 Å². The first-order valence-electron chi connectivity index (χ1n) is 13.7. The van der Waals surface area contributed by atoms with Gasteiger partial charge in [-0.05, 0) is 92.7 Å². The van der Waals surface area contributed by atoms with Gasteiger partial charge in [-0.2, -0.15) is 0 Å². The van der Waals surface area contributed by atoms with Crippen molar-refractivity contribution < 1.29 is 19.8 Å². The molecule has 0 aliphatic heterocycles. The van der Waals surface area contributed by atoms with Crippen molar-refractivity contribution in [1.29, 1.82) is 0 Å². The topological polar surface area (TPSA) is 77.8 Å². The van der Waals surface area contributed by atoms with E-state index in [2.05, 4.69) is 65.8 Å². The summed E-state index contributed by atoms with van der Waals surface area (Å²) in [5, 5.41) is 20.3. The first kappa shape index (κ1) is 30.6. The molecule has 0 heterocycles. The van der Waals surface area contributed by atoms with Crippen LogP contribution in [0.25, 0.3) is 0 Å². The van der Waals surface area contributed by atoms with Crippen molar-refractivity contribution in [1.82, 2.24) is 4.90 Å². The number of likely N-dealkylation sites (N-methyl/N-ethyl adjacent to an activating group) is 1. The maximum absolute atomic E-state index is 13.0. The first-order valence-corrected chi connectivity index (χ1v) is 13.7. The number of aliphatic hydroxyl groups is 1. The van der Waals surface area contributed by atoms with E-state index in [1.54, 1.807) is 0 Å². The van der Waals surface area contributed by atoms with Crippen LogP contribution in [0, 0.1) is 19.8 Å². The predicted octanol–water partition coefficient (Wildman–Crippen LogP) is 6.68. The maximum Gasteiger partial charge on any atom is 0.326 e. The Labute approximate surface area is 223 Å². The van der Waals surface area contributed by atoms with E-state index < -0.39 is 17.6 Å². The average Bonchev–Trinajstić information content (AvgIpc) is 2.89. The summed E-state index contributed by atoms with van der Waals surface area (Å²) in [5.41, 5.74) is 5.45. The molecule has 0 fully saturated rings. The summed E-state index contributed by atoms with van der Waals surface area (Å²) < 4.78 is 0. The third-order valence-electron chi connectivity index (χ3n) is 9.04. The Morgan fingerprint density at radius 1 is 0.865 bits per heavy atom. The molecule has 0 aliphatic rings. The molecule has 2 unspecified atom stereocenters. The highest BCUT2D eigenvalue weighted by molar-refractivity contribution is 5.97. The van der Waals surface area contributed by atoms with Crippen LogP contribution in [0.3, 0.4) is 0 Å². The molecule has 2 rings (SSSR count). The van der Waals surface area contributed by atoms with E-state index in [4.69, 9.17) is 0 Å². The smallest absolute Gasteiger partial charge is 0.326 e. The van der Waals surface area contributed by atoms with E-state index in [0.717, 1.165) is 43.2 Å². The minimum Gasteiger partial charge on any atom is -0.480 e. The maximum atomic E-state index is 13.0. The zero-order chi connectivity index (χ0) is 28.1. The van der Waals surface area contributed by atoms with Crippen molar-refractivity contribution in [3.05, 3.63) is 69.8 Å². The van der Waals surface area contributed by atoms with Crippen LogP contribution >= 0.6 is 0 Å². The standard InChI is InChI=1S/C32H47NO4/c1-10-31(11-2,26-15-14-25(21(5)18-26)20-23(7)32(37,12-3)13-4)27-16-17-28(22(6)19-27)29(34)33(9)24(8)30(35)36/h14-19,23-24,37H,10-13,20H2,1-9H3,(H,35,36). The van der Waals surface area contributed by atoms with Crippen molar-refractivity contribution >= 4 is 11.9 Å². The number of carbonyl (C=O) groups is 2. The third-order valence-corrected chi connectivity index (χ3v) is 9.04. The fourth-order valence-electron chi connectivity index (χ4n) is 5.66. The molecule has 2 aromatic rings. The van der Waals surface area contributed by atoms with Gasteiger partial charge in [0.2, 0.25) is 0 Å². The lowest BCUT2D eigenvalue weighted by Gasteiger charge is -2.35. The van der Waals surface area contributed by atoms with Gasteiger partial charge in [-0.3, -0.25) is 4.79 Å². The molecule has 0 saturated carbocycles. The molecule has 5 heteroatoms. The van der Waals surface area contributed by atoms with Crippen LogP contribution in [0.2, 0.25) is 0 Å². The predicted molar refractivity (Wildman–Crippen MR) is 151 cm³/mol. The summed E-state index contributed by atoms with van der Waals surface area (Å²) in [6.07, 6.45) is 4.16. The number of aryl methyl sites for hydroxylation is 2. The molecule has 2 aromatic carbocycles. The van der Waals surface area contributed by atoms with Crippen molar-refractivity contribution in [2.75, 3.05) is 7.05 Å². The van der Waals surface area contributed by atoms with Gasteiger partial charge in [0.1, 0.15) is 6.04 Å². The number of nitrogens with zero attached hydrogens (tertiary/aromatic N) is 1. The van der Waals surface area contributed by atoms with Crippen LogP contribution in [0.4, 0.5) is 0 Å². The van der Waals surface area contributed by atoms with Gasteiger partial charge in [-0.1, -0.05) is 65.0 Å². The number of carboxylic acids is 1. The summed E-state index contributed by atoms with van der Waals surface area (Å²) in [6, 6.07) is 11.8. The number of hydrogen-bond donors (Lipinski definition) is 2. The van der Waals surface area contributed by atoms with E-state index in [-0.39, 0.29) is 17.2 Å². The lowest BCUT2D eigenvalue weighted by molar-refractivity contribution is -0.141. The Hall–Kier alpha value is -2.66. The van der Waals surface area contributed by atoms with Gasteiger partial charge in [-0.25, -0.2) is 4.79 Å². The second kappa shape index (κ2) is 12.3. The first-order chi connectivity index (χ1) is 17.3. The van der Waals surface area contributed by atoms with Crippen LogP contribution in [-0.2, 0) is 16.6 Å². The summed E-state index contributed by atoms with van der Waals surface area (Å²) >= 11 is 0. The molecular formula is C32H47NO4. The minimum atomic E-state index is -1.02. The van der Waals surface area contributed by atoms with Crippen molar-refractivity contribution in [2.45, 2.75) is 105 Å². The van der Waals surface area contributed by atoms with Gasteiger partial charge < -0.3 is 15.1 Å². The number of benzene rings is 2. The van der Waals surface area contributed by atoms with E-state index >= 15 is 0 Å². The molecule has 0 radical (unpaired) electrons. The zero-order valence-corrected chi connectivity index (χ0v) is 24.3. The van der Waals surface area contributed by atoms with E-state index in [1.165, 1.54) is 35.6 Å². The summed E-state index contributed by atoms with van der Waals surface area (Å²) in [7, 11) is 1.53. The molecule has 0 bridgehead atoms. The van der Waals surface area contributed by atoms with Gasteiger partial charge in [-0.15, -0.1) is 0 Å². The van der Waals surface area contributed by atoms with Gasteiger partial charge in [0, 0.05) is 18.0 Å². The number of amides is 1. The third kappa shape index (κ3) is 6.09. The highest BCUT2D eigenvalue weighted by Crippen LogP contribution is 2.41. The van der Waals surface area contributed by atoms with E-state index in [1.807, 2.05) is 19.1 Å². The van der Waals surface area contributed by atoms with Gasteiger partial charge in [0.05, 0.1) is 5.60 Å². The van der Waals surface area contributed by atoms with Crippen LogP contribution < -0.4 is 0 Å². The molecule has 5 nitrogen and oxygen atoms in total. The van der Waals surface area contributed by atoms with Crippen molar-refractivity contribution in [3.63, 3.8) is 0 Å². The Morgan fingerprint density at radius 3 is 1.81 bits per heavy atom. The number of hydrogen-bond acceptors (Lipinski definition) is 3. The minimum absolute atomic E-state index is 0.170. The van der Waals surface area contributed by atoms with Crippen molar-refractivity contribution in [2.24, 2.45) is 5.92 Å². The molecule has 0 aromatic heterocycles. The quantitative estimate of drug-likeness (QED) is 0.334. The Bertz CT molecular complexity index is 1100. The largest absolute Gasteiger partial charge is 0.480 e. The van der Waals surface area contributed by atoms with Crippen molar-refractivity contribution in [3.8, 4) is 0 Å².